The topological polar surface area (TPSA) is 41.1 Å². The molecule has 2 N–H and O–H groups in total. The van der Waals surface area contributed by atoms with Crippen molar-refractivity contribution < 1.29 is 4.79 Å². The van der Waals surface area contributed by atoms with E-state index in [1.54, 1.807) is 0 Å². The van der Waals surface area contributed by atoms with Gasteiger partial charge in [0.2, 0.25) is 5.91 Å². The van der Waals surface area contributed by atoms with Crippen molar-refractivity contribution in [2.75, 3.05) is 0 Å². The zero-order valence-corrected chi connectivity index (χ0v) is 13.0. The quantitative estimate of drug-likeness (QED) is 0.815. The maximum atomic E-state index is 12.5. The minimum Gasteiger partial charge on any atom is -0.352 e. The molecule has 3 nitrogen and oxygen atoms in total. The number of nitrogens with one attached hydrogen (secondary N) is 2. The van der Waals surface area contributed by atoms with Crippen LogP contribution in [0.25, 0.3) is 0 Å². The molecule has 1 saturated heterocycles. The molecule has 0 aromatic rings. The first-order valence-corrected chi connectivity index (χ1v) is 8.70. The Morgan fingerprint density at radius 3 is 2.60 bits per heavy atom. The van der Waals surface area contributed by atoms with Crippen molar-refractivity contribution in [3.63, 3.8) is 0 Å². The van der Waals surface area contributed by atoms with Crippen LogP contribution in [-0.4, -0.2) is 24.0 Å². The number of rotatable bonds is 2. The molecule has 20 heavy (non-hydrogen) atoms. The molecule has 1 amide bonds. The SMILES string of the molecule is CC1CCC(NC(=O)C2CC3CCCCC3N2)C(C)C1. The second-order valence-corrected chi connectivity index (χ2v) is 7.62. The van der Waals surface area contributed by atoms with Gasteiger partial charge in [-0.25, -0.2) is 0 Å². The summed E-state index contributed by atoms with van der Waals surface area (Å²) in [6, 6.07) is 1.10. The Balaban J connectivity index is 1.52. The third-order valence-electron chi connectivity index (χ3n) is 5.94. The lowest BCUT2D eigenvalue weighted by atomic mass is 9.79. The van der Waals surface area contributed by atoms with Crippen LogP contribution in [0.1, 0.15) is 65.2 Å². The van der Waals surface area contributed by atoms with Crippen LogP contribution >= 0.6 is 0 Å². The van der Waals surface area contributed by atoms with Crippen LogP contribution in [0.2, 0.25) is 0 Å². The highest BCUT2D eigenvalue weighted by molar-refractivity contribution is 5.82. The normalized spacial score (nSPS) is 44.9. The Labute approximate surface area is 123 Å². The molecule has 1 aliphatic heterocycles. The van der Waals surface area contributed by atoms with E-state index in [1.165, 1.54) is 38.5 Å². The fourth-order valence-electron chi connectivity index (χ4n) is 4.68. The van der Waals surface area contributed by atoms with Gasteiger partial charge in [-0.1, -0.05) is 26.7 Å². The monoisotopic (exact) mass is 278 g/mol. The molecule has 3 aliphatic rings. The Morgan fingerprint density at radius 2 is 1.85 bits per heavy atom. The number of carbonyl (C=O) groups excluding carboxylic acids is 1. The van der Waals surface area contributed by atoms with E-state index in [4.69, 9.17) is 0 Å². The summed E-state index contributed by atoms with van der Waals surface area (Å²) in [6.07, 6.45) is 10.0. The molecule has 0 spiro atoms. The number of carbonyl (C=O) groups is 1. The smallest absolute Gasteiger partial charge is 0.237 e. The number of fused-ring (bicyclic) bond motifs is 1. The molecule has 0 aromatic carbocycles. The highest BCUT2D eigenvalue weighted by Gasteiger charge is 2.39. The molecule has 6 unspecified atom stereocenters. The first-order valence-electron chi connectivity index (χ1n) is 8.70. The fourth-order valence-corrected chi connectivity index (χ4v) is 4.68. The van der Waals surface area contributed by atoms with Gasteiger partial charge >= 0.3 is 0 Å². The van der Waals surface area contributed by atoms with E-state index in [1.807, 2.05) is 0 Å². The maximum absolute atomic E-state index is 12.5. The van der Waals surface area contributed by atoms with Crippen LogP contribution in [0.5, 0.6) is 0 Å². The highest BCUT2D eigenvalue weighted by atomic mass is 16.2. The summed E-state index contributed by atoms with van der Waals surface area (Å²) in [7, 11) is 0. The van der Waals surface area contributed by atoms with Crippen LogP contribution in [0.15, 0.2) is 0 Å². The molecule has 0 bridgehead atoms. The van der Waals surface area contributed by atoms with Crippen LogP contribution in [-0.2, 0) is 4.79 Å². The average molecular weight is 278 g/mol. The van der Waals surface area contributed by atoms with E-state index in [-0.39, 0.29) is 11.9 Å². The van der Waals surface area contributed by atoms with Crippen molar-refractivity contribution in [3.05, 3.63) is 0 Å². The molecule has 3 rings (SSSR count). The van der Waals surface area contributed by atoms with Gasteiger partial charge in [0.1, 0.15) is 0 Å². The van der Waals surface area contributed by atoms with Gasteiger partial charge in [-0.05, 0) is 56.3 Å². The van der Waals surface area contributed by atoms with Crippen LogP contribution in [0.4, 0.5) is 0 Å². The molecule has 2 saturated carbocycles. The standard InChI is InChI=1S/C17H30N2O/c1-11-7-8-14(12(2)9-11)19-17(20)16-10-13-5-3-4-6-15(13)18-16/h11-16,18H,3-10H2,1-2H3,(H,19,20). The number of amides is 1. The average Bonchev–Trinajstić information content (AvgIpc) is 2.86. The van der Waals surface area contributed by atoms with Crippen molar-refractivity contribution in [2.24, 2.45) is 17.8 Å². The summed E-state index contributed by atoms with van der Waals surface area (Å²) in [4.78, 5) is 12.5. The van der Waals surface area contributed by atoms with E-state index in [9.17, 15) is 4.79 Å². The fraction of sp³-hybridized carbons (Fsp3) is 0.941. The maximum Gasteiger partial charge on any atom is 0.237 e. The molecule has 6 atom stereocenters. The molecule has 2 aliphatic carbocycles. The lowest BCUT2D eigenvalue weighted by Crippen LogP contribution is -2.49. The van der Waals surface area contributed by atoms with Gasteiger partial charge in [-0.2, -0.15) is 0 Å². The van der Waals surface area contributed by atoms with E-state index in [0.29, 0.717) is 18.0 Å². The zero-order valence-electron chi connectivity index (χ0n) is 13.0. The largest absolute Gasteiger partial charge is 0.352 e. The summed E-state index contributed by atoms with van der Waals surface area (Å²) >= 11 is 0. The summed E-state index contributed by atoms with van der Waals surface area (Å²) in [5, 5.41) is 6.93. The lowest BCUT2D eigenvalue weighted by molar-refractivity contribution is -0.124. The molecular weight excluding hydrogens is 248 g/mol. The van der Waals surface area contributed by atoms with E-state index in [0.717, 1.165) is 24.7 Å². The van der Waals surface area contributed by atoms with Crippen molar-refractivity contribution >= 4 is 5.91 Å². The zero-order chi connectivity index (χ0) is 14.1. The molecule has 3 heteroatoms. The van der Waals surface area contributed by atoms with Gasteiger partial charge < -0.3 is 10.6 Å². The predicted octanol–water partition coefficient (Wildman–Crippen LogP) is 2.85. The van der Waals surface area contributed by atoms with Crippen molar-refractivity contribution in [1.82, 2.24) is 10.6 Å². The van der Waals surface area contributed by atoms with Crippen LogP contribution < -0.4 is 10.6 Å². The minimum absolute atomic E-state index is 0.0784. The van der Waals surface area contributed by atoms with Crippen molar-refractivity contribution in [1.29, 1.82) is 0 Å². The third kappa shape index (κ3) is 3.03. The van der Waals surface area contributed by atoms with Gasteiger partial charge in [0.15, 0.2) is 0 Å². The predicted molar refractivity (Wildman–Crippen MR) is 81.4 cm³/mol. The molecule has 0 aromatic heterocycles. The van der Waals surface area contributed by atoms with Crippen molar-refractivity contribution in [3.8, 4) is 0 Å². The second-order valence-electron chi connectivity index (χ2n) is 7.62. The number of hydrogen-bond acceptors (Lipinski definition) is 2. The summed E-state index contributed by atoms with van der Waals surface area (Å²) in [5.41, 5.74) is 0. The van der Waals surface area contributed by atoms with Gasteiger partial charge in [-0.3, -0.25) is 4.79 Å². The Morgan fingerprint density at radius 1 is 1.05 bits per heavy atom. The first kappa shape index (κ1) is 14.4. The van der Waals surface area contributed by atoms with E-state index < -0.39 is 0 Å². The Kier molecular flexibility index (Phi) is 4.34. The van der Waals surface area contributed by atoms with Gasteiger partial charge in [0, 0.05) is 12.1 Å². The molecule has 114 valence electrons. The Hall–Kier alpha value is -0.570. The van der Waals surface area contributed by atoms with E-state index in [2.05, 4.69) is 24.5 Å². The van der Waals surface area contributed by atoms with Gasteiger partial charge in [0.05, 0.1) is 6.04 Å². The van der Waals surface area contributed by atoms with Crippen LogP contribution in [0.3, 0.4) is 0 Å². The van der Waals surface area contributed by atoms with E-state index >= 15 is 0 Å². The summed E-state index contributed by atoms with van der Waals surface area (Å²) < 4.78 is 0. The molecule has 1 heterocycles. The van der Waals surface area contributed by atoms with Crippen molar-refractivity contribution in [2.45, 2.75) is 83.3 Å². The lowest BCUT2D eigenvalue weighted by Gasteiger charge is -2.33. The molecule has 3 fully saturated rings. The molecular formula is C17H30N2O. The Bertz CT molecular complexity index is 343. The summed E-state index contributed by atoms with van der Waals surface area (Å²) in [6.45, 7) is 4.63. The third-order valence-corrected chi connectivity index (χ3v) is 5.94. The molecule has 0 radical (unpaired) electrons. The highest BCUT2D eigenvalue weighted by Crippen LogP contribution is 2.34. The number of hydrogen-bond donors (Lipinski definition) is 2. The first-order chi connectivity index (χ1) is 9.63. The second kappa shape index (κ2) is 6.05. The summed E-state index contributed by atoms with van der Waals surface area (Å²) in [5.74, 6) is 2.48. The van der Waals surface area contributed by atoms with Gasteiger partial charge in [0.25, 0.3) is 0 Å². The van der Waals surface area contributed by atoms with Gasteiger partial charge in [-0.15, -0.1) is 0 Å². The van der Waals surface area contributed by atoms with Crippen LogP contribution in [0, 0.1) is 17.8 Å². The minimum atomic E-state index is 0.0784.